The van der Waals surface area contributed by atoms with Gasteiger partial charge in [0.1, 0.15) is 0 Å². The summed E-state index contributed by atoms with van der Waals surface area (Å²) in [5, 5.41) is 3.66. The average Bonchev–Trinajstić information content (AvgIpc) is 2.10. The van der Waals surface area contributed by atoms with E-state index in [0.717, 1.165) is 11.8 Å². The maximum absolute atomic E-state index is 3.66. The van der Waals surface area contributed by atoms with Gasteiger partial charge in [-0.2, -0.15) is 0 Å². The molecule has 0 aliphatic heterocycles. The highest BCUT2D eigenvalue weighted by Gasteiger charge is 2.14. The molecule has 86 valence electrons. The van der Waals surface area contributed by atoms with Gasteiger partial charge in [-0.25, -0.2) is 0 Å². The quantitative estimate of drug-likeness (QED) is 0.657. The average molecular weight is 199 g/mol. The topological polar surface area (TPSA) is 12.0 Å². The fourth-order valence-electron chi connectivity index (χ4n) is 1.71. The summed E-state index contributed by atoms with van der Waals surface area (Å²) in [6.45, 7) is 13.7. The van der Waals surface area contributed by atoms with Gasteiger partial charge in [0.25, 0.3) is 0 Å². The van der Waals surface area contributed by atoms with Crippen LogP contribution in [0.25, 0.3) is 0 Å². The summed E-state index contributed by atoms with van der Waals surface area (Å²) in [6, 6.07) is 1.31. The highest BCUT2D eigenvalue weighted by Crippen LogP contribution is 2.16. The third kappa shape index (κ3) is 6.42. The minimum Gasteiger partial charge on any atom is -0.312 e. The summed E-state index contributed by atoms with van der Waals surface area (Å²) in [7, 11) is 0. The second kappa shape index (κ2) is 7.28. The van der Waals surface area contributed by atoms with Crippen molar-refractivity contribution in [1.82, 2.24) is 5.32 Å². The van der Waals surface area contributed by atoms with Crippen molar-refractivity contribution >= 4 is 0 Å². The van der Waals surface area contributed by atoms with E-state index >= 15 is 0 Å². The Labute approximate surface area is 90.7 Å². The first kappa shape index (κ1) is 14.0. The van der Waals surface area contributed by atoms with E-state index in [9.17, 15) is 0 Å². The zero-order valence-corrected chi connectivity index (χ0v) is 10.9. The zero-order valence-electron chi connectivity index (χ0n) is 10.9. The van der Waals surface area contributed by atoms with Crippen LogP contribution in [0, 0.1) is 11.8 Å². The van der Waals surface area contributed by atoms with Crippen LogP contribution in [0.15, 0.2) is 0 Å². The van der Waals surface area contributed by atoms with Crippen molar-refractivity contribution in [2.24, 2.45) is 11.8 Å². The molecule has 1 heteroatoms. The fourth-order valence-corrected chi connectivity index (χ4v) is 1.71. The number of nitrogens with one attached hydrogen (secondary N) is 1. The van der Waals surface area contributed by atoms with E-state index in [-0.39, 0.29) is 0 Å². The molecule has 0 aliphatic carbocycles. The van der Waals surface area contributed by atoms with Crippen molar-refractivity contribution in [2.45, 2.75) is 72.9 Å². The van der Waals surface area contributed by atoms with Crippen LogP contribution < -0.4 is 5.32 Å². The van der Waals surface area contributed by atoms with Crippen LogP contribution in [0.2, 0.25) is 0 Å². The Kier molecular flexibility index (Phi) is 7.26. The summed E-state index contributed by atoms with van der Waals surface area (Å²) >= 11 is 0. The van der Waals surface area contributed by atoms with Crippen molar-refractivity contribution in [1.29, 1.82) is 0 Å². The van der Waals surface area contributed by atoms with Crippen molar-refractivity contribution < 1.29 is 0 Å². The third-order valence-electron chi connectivity index (χ3n) is 3.02. The summed E-state index contributed by atoms with van der Waals surface area (Å²) in [5.74, 6) is 1.63. The largest absolute Gasteiger partial charge is 0.312 e. The van der Waals surface area contributed by atoms with E-state index in [1.807, 2.05) is 0 Å². The first-order chi connectivity index (χ1) is 6.47. The smallest absolute Gasteiger partial charge is 0.00925 e. The van der Waals surface area contributed by atoms with Crippen molar-refractivity contribution in [3.8, 4) is 0 Å². The predicted molar refractivity (Wildman–Crippen MR) is 65.6 cm³/mol. The van der Waals surface area contributed by atoms with E-state index in [2.05, 4.69) is 46.9 Å². The van der Waals surface area contributed by atoms with E-state index in [1.165, 1.54) is 19.3 Å². The van der Waals surface area contributed by atoms with Crippen molar-refractivity contribution in [3.05, 3.63) is 0 Å². The molecule has 0 saturated heterocycles. The molecular weight excluding hydrogens is 170 g/mol. The minimum atomic E-state index is 0.610. The first-order valence-corrected chi connectivity index (χ1v) is 6.23. The van der Waals surface area contributed by atoms with Crippen molar-refractivity contribution in [3.63, 3.8) is 0 Å². The van der Waals surface area contributed by atoms with Gasteiger partial charge >= 0.3 is 0 Å². The molecule has 1 nitrogen and oxygen atoms in total. The second-order valence-corrected chi connectivity index (χ2v) is 5.26. The standard InChI is InChI=1S/C13H29N/c1-7-12(6)8-9-13(10(2)3)14-11(4)5/h10-14H,7-9H2,1-6H3. The van der Waals surface area contributed by atoms with E-state index in [4.69, 9.17) is 0 Å². The highest BCUT2D eigenvalue weighted by atomic mass is 14.9. The van der Waals surface area contributed by atoms with Gasteiger partial charge in [-0.3, -0.25) is 0 Å². The lowest BCUT2D eigenvalue weighted by Crippen LogP contribution is -2.38. The van der Waals surface area contributed by atoms with Crippen LogP contribution in [0.4, 0.5) is 0 Å². The number of hydrogen-bond acceptors (Lipinski definition) is 1. The van der Waals surface area contributed by atoms with Gasteiger partial charge in [-0.1, -0.05) is 48.0 Å². The maximum atomic E-state index is 3.66. The molecule has 0 amide bonds. The SMILES string of the molecule is CCC(C)CCC(NC(C)C)C(C)C. The molecule has 0 rings (SSSR count). The molecule has 0 radical (unpaired) electrons. The summed E-state index contributed by atoms with van der Waals surface area (Å²) in [4.78, 5) is 0. The Bertz CT molecular complexity index is 129. The Morgan fingerprint density at radius 3 is 1.86 bits per heavy atom. The summed E-state index contributed by atoms with van der Waals surface area (Å²) in [5.41, 5.74) is 0. The van der Waals surface area contributed by atoms with Gasteiger partial charge in [0.05, 0.1) is 0 Å². The normalized spacial score (nSPS) is 16.3. The highest BCUT2D eigenvalue weighted by molar-refractivity contribution is 4.73. The predicted octanol–water partition coefficient (Wildman–Crippen LogP) is 3.84. The molecule has 2 unspecified atom stereocenters. The lowest BCUT2D eigenvalue weighted by atomic mass is 9.93. The van der Waals surface area contributed by atoms with E-state index in [1.54, 1.807) is 0 Å². The number of rotatable bonds is 7. The van der Waals surface area contributed by atoms with Crippen LogP contribution in [0.3, 0.4) is 0 Å². The molecule has 0 spiro atoms. The molecule has 0 aromatic rings. The summed E-state index contributed by atoms with van der Waals surface area (Å²) < 4.78 is 0. The molecule has 0 fully saturated rings. The molecular formula is C13H29N. The molecule has 0 aliphatic rings. The Morgan fingerprint density at radius 2 is 1.50 bits per heavy atom. The molecule has 0 aromatic carbocycles. The van der Waals surface area contributed by atoms with Crippen LogP contribution in [-0.2, 0) is 0 Å². The molecule has 14 heavy (non-hydrogen) atoms. The van der Waals surface area contributed by atoms with Gasteiger partial charge in [0.2, 0.25) is 0 Å². The zero-order chi connectivity index (χ0) is 11.1. The summed E-state index contributed by atoms with van der Waals surface area (Å²) in [6.07, 6.45) is 4.00. The Balaban J connectivity index is 3.85. The molecule has 0 heterocycles. The maximum Gasteiger partial charge on any atom is 0.00925 e. The minimum absolute atomic E-state index is 0.610. The second-order valence-electron chi connectivity index (χ2n) is 5.26. The lowest BCUT2D eigenvalue weighted by molar-refractivity contribution is 0.323. The van der Waals surface area contributed by atoms with Crippen LogP contribution in [0.1, 0.15) is 60.8 Å². The fraction of sp³-hybridized carbons (Fsp3) is 1.00. The first-order valence-electron chi connectivity index (χ1n) is 6.23. The van der Waals surface area contributed by atoms with Crippen LogP contribution in [-0.4, -0.2) is 12.1 Å². The number of hydrogen-bond donors (Lipinski definition) is 1. The van der Waals surface area contributed by atoms with E-state index < -0.39 is 0 Å². The van der Waals surface area contributed by atoms with Crippen LogP contribution >= 0.6 is 0 Å². The van der Waals surface area contributed by atoms with Crippen molar-refractivity contribution in [2.75, 3.05) is 0 Å². The molecule has 0 aromatic heterocycles. The lowest BCUT2D eigenvalue weighted by Gasteiger charge is -2.25. The van der Waals surface area contributed by atoms with Crippen LogP contribution in [0.5, 0.6) is 0 Å². The monoisotopic (exact) mass is 199 g/mol. The van der Waals surface area contributed by atoms with Gasteiger partial charge in [0, 0.05) is 12.1 Å². The Hall–Kier alpha value is -0.0400. The molecule has 1 N–H and O–H groups in total. The van der Waals surface area contributed by atoms with Gasteiger partial charge in [-0.15, -0.1) is 0 Å². The molecule has 0 saturated carbocycles. The van der Waals surface area contributed by atoms with E-state index in [0.29, 0.717) is 12.1 Å². The molecule has 2 atom stereocenters. The third-order valence-corrected chi connectivity index (χ3v) is 3.02. The van der Waals surface area contributed by atoms with Gasteiger partial charge in [-0.05, 0) is 24.7 Å². The Morgan fingerprint density at radius 1 is 0.929 bits per heavy atom. The van der Waals surface area contributed by atoms with Gasteiger partial charge in [0.15, 0.2) is 0 Å². The molecule has 0 bridgehead atoms. The van der Waals surface area contributed by atoms with Gasteiger partial charge < -0.3 is 5.32 Å².